The highest BCUT2D eigenvalue weighted by Crippen LogP contribution is 2.40. The van der Waals surface area contributed by atoms with Crippen LogP contribution in [0.15, 0.2) is 30.3 Å². The molecular weight excluding hydrogens is 316 g/mol. The molecule has 0 bridgehead atoms. The fourth-order valence-corrected chi connectivity index (χ4v) is 3.64. The van der Waals surface area contributed by atoms with Gasteiger partial charge in [0.2, 0.25) is 5.91 Å². The van der Waals surface area contributed by atoms with Gasteiger partial charge in [-0.15, -0.1) is 0 Å². The largest absolute Gasteiger partial charge is 0.466 e. The van der Waals surface area contributed by atoms with E-state index in [-0.39, 0.29) is 23.8 Å². The first-order valence-electron chi connectivity index (χ1n) is 9.40. The zero-order valence-electron chi connectivity index (χ0n) is 14.9. The van der Waals surface area contributed by atoms with Crippen LogP contribution in [-0.2, 0) is 14.3 Å². The number of amides is 1. The molecule has 1 heterocycles. The molecule has 1 aromatic carbocycles. The van der Waals surface area contributed by atoms with Gasteiger partial charge in [0.25, 0.3) is 0 Å². The summed E-state index contributed by atoms with van der Waals surface area (Å²) >= 11 is 0. The lowest BCUT2D eigenvalue weighted by atomic mass is 9.98. The number of carbonyl (C=O) groups excluding carboxylic acids is 2. The molecule has 2 unspecified atom stereocenters. The van der Waals surface area contributed by atoms with Crippen molar-refractivity contribution >= 4 is 11.9 Å². The van der Waals surface area contributed by atoms with Gasteiger partial charge < -0.3 is 10.1 Å². The molecule has 1 saturated carbocycles. The zero-order valence-corrected chi connectivity index (χ0v) is 14.9. The third-order valence-corrected chi connectivity index (χ3v) is 5.06. The van der Waals surface area contributed by atoms with Crippen molar-refractivity contribution in [2.45, 2.75) is 38.6 Å². The van der Waals surface area contributed by atoms with Crippen LogP contribution in [0.4, 0.5) is 0 Å². The van der Waals surface area contributed by atoms with Gasteiger partial charge in [-0.05, 0) is 50.6 Å². The normalized spacial score (nSPS) is 22.2. The second-order valence-corrected chi connectivity index (χ2v) is 7.12. The van der Waals surface area contributed by atoms with Gasteiger partial charge >= 0.3 is 5.97 Å². The van der Waals surface area contributed by atoms with Gasteiger partial charge in [-0.3, -0.25) is 14.5 Å². The molecule has 0 aromatic heterocycles. The van der Waals surface area contributed by atoms with Crippen LogP contribution in [0.2, 0.25) is 0 Å². The van der Waals surface area contributed by atoms with Crippen LogP contribution in [0, 0.1) is 11.8 Å². The minimum Gasteiger partial charge on any atom is -0.466 e. The molecule has 5 nitrogen and oxygen atoms in total. The molecule has 25 heavy (non-hydrogen) atoms. The third kappa shape index (κ3) is 5.05. The van der Waals surface area contributed by atoms with Crippen molar-refractivity contribution in [2.24, 2.45) is 11.8 Å². The van der Waals surface area contributed by atoms with Crippen molar-refractivity contribution < 1.29 is 14.3 Å². The minimum absolute atomic E-state index is 0.0465. The smallest absolute Gasteiger partial charge is 0.310 e. The summed E-state index contributed by atoms with van der Waals surface area (Å²) in [6.07, 6.45) is 4.14. The molecule has 1 aliphatic heterocycles. The maximum atomic E-state index is 12.6. The van der Waals surface area contributed by atoms with Crippen molar-refractivity contribution in [3.63, 3.8) is 0 Å². The Morgan fingerprint density at radius 3 is 2.68 bits per heavy atom. The Hall–Kier alpha value is -1.88. The summed E-state index contributed by atoms with van der Waals surface area (Å²) in [6.45, 7) is 4.07. The highest BCUT2D eigenvalue weighted by atomic mass is 16.5. The minimum atomic E-state index is -0.132. The van der Waals surface area contributed by atoms with Crippen LogP contribution in [0.1, 0.15) is 44.2 Å². The molecule has 1 N–H and O–H groups in total. The van der Waals surface area contributed by atoms with Crippen molar-refractivity contribution in [1.29, 1.82) is 0 Å². The van der Waals surface area contributed by atoms with Gasteiger partial charge in [0.05, 0.1) is 25.1 Å². The number of likely N-dealkylation sites (tertiary alicyclic amines) is 1. The number of piperidine rings is 1. The maximum absolute atomic E-state index is 12.6. The number of rotatable bonds is 7. The van der Waals surface area contributed by atoms with Crippen molar-refractivity contribution in [1.82, 2.24) is 10.2 Å². The predicted molar refractivity (Wildman–Crippen MR) is 95.8 cm³/mol. The predicted octanol–water partition coefficient (Wildman–Crippen LogP) is 2.53. The van der Waals surface area contributed by atoms with Crippen LogP contribution in [-0.4, -0.2) is 43.0 Å². The fraction of sp³-hybridized carbons (Fsp3) is 0.600. The Morgan fingerprint density at radius 2 is 2.00 bits per heavy atom. The maximum Gasteiger partial charge on any atom is 0.310 e. The average molecular weight is 344 g/mol. The number of esters is 1. The molecule has 1 aliphatic carbocycles. The molecule has 136 valence electrons. The van der Waals surface area contributed by atoms with Crippen LogP contribution >= 0.6 is 0 Å². The standard InChI is InChI=1S/C20H28N2O3/c1-2-25-20(24)17-9-6-12-22(13-17)14-18(23)21-19(16-10-11-16)15-7-4-3-5-8-15/h3-5,7-8,16-17,19H,2,6,9-14H2,1H3,(H,21,23). The van der Waals surface area contributed by atoms with E-state index in [0.29, 0.717) is 25.6 Å². The summed E-state index contributed by atoms with van der Waals surface area (Å²) in [4.78, 5) is 26.6. The SMILES string of the molecule is CCOC(=O)C1CCCN(CC(=O)NC(c2ccccc2)C2CC2)C1. The summed E-state index contributed by atoms with van der Waals surface area (Å²) in [7, 11) is 0. The molecule has 0 radical (unpaired) electrons. The zero-order chi connectivity index (χ0) is 17.6. The van der Waals surface area contributed by atoms with Gasteiger partial charge in [0.15, 0.2) is 0 Å². The second-order valence-electron chi connectivity index (χ2n) is 7.12. The van der Waals surface area contributed by atoms with Crippen LogP contribution in [0.25, 0.3) is 0 Å². The number of ether oxygens (including phenoxy) is 1. The van der Waals surface area contributed by atoms with Gasteiger partial charge in [-0.25, -0.2) is 0 Å². The second kappa shape index (κ2) is 8.48. The molecule has 3 rings (SSSR count). The Labute approximate surface area is 149 Å². The van der Waals surface area contributed by atoms with E-state index < -0.39 is 0 Å². The number of nitrogens with one attached hydrogen (secondary N) is 1. The van der Waals surface area contributed by atoms with E-state index in [0.717, 1.165) is 19.4 Å². The Morgan fingerprint density at radius 1 is 1.24 bits per heavy atom. The molecule has 2 fully saturated rings. The first-order chi connectivity index (χ1) is 12.2. The van der Waals surface area contributed by atoms with E-state index in [1.165, 1.54) is 18.4 Å². The monoisotopic (exact) mass is 344 g/mol. The molecular formula is C20H28N2O3. The molecule has 5 heteroatoms. The van der Waals surface area contributed by atoms with Crippen molar-refractivity contribution in [3.8, 4) is 0 Å². The quantitative estimate of drug-likeness (QED) is 0.772. The van der Waals surface area contributed by atoms with Gasteiger partial charge in [0.1, 0.15) is 0 Å². The summed E-state index contributed by atoms with van der Waals surface area (Å²) in [6, 6.07) is 10.3. The number of benzene rings is 1. The Bertz CT molecular complexity index is 586. The van der Waals surface area contributed by atoms with E-state index in [4.69, 9.17) is 4.74 Å². The Balaban J connectivity index is 1.53. The van der Waals surface area contributed by atoms with E-state index in [9.17, 15) is 9.59 Å². The van der Waals surface area contributed by atoms with E-state index >= 15 is 0 Å². The first-order valence-corrected chi connectivity index (χ1v) is 9.40. The summed E-state index contributed by atoms with van der Waals surface area (Å²) in [5, 5.41) is 3.21. The topological polar surface area (TPSA) is 58.6 Å². The van der Waals surface area contributed by atoms with Crippen LogP contribution in [0.5, 0.6) is 0 Å². The lowest BCUT2D eigenvalue weighted by molar-refractivity contribution is -0.150. The lowest BCUT2D eigenvalue weighted by Gasteiger charge is -2.31. The van der Waals surface area contributed by atoms with Gasteiger partial charge in [0, 0.05) is 6.54 Å². The molecule has 2 atom stereocenters. The van der Waals surface area contributed by atoms with Crippen molar-refractivity contribution in [3.05, 3.63) is 35.9 Å². The number of hydrogen-bond donors (Lipinski definition) is 1. The molecule has 1 amide bonds. The lowest BCUT2D eigenvalue weighted by Crippen LogP contribution is -2.45. The van der Waals surface area contributed by atoms with Crippen LogP contribution in [0.3, 0.4) is 0 Å². The van der Waals surface area contributed by atoms with E-state index in [1.54, 1.807) is 0 Å². The van der Waals surface area contributed by atoms with Crippen molar-refractivity contribution in [2.75, 3.05) is 26.2 Å². The number of nitrogens with zero attached hydrogens (tertiary/aromatic N) is 1. The summed E-state index contributed by atoms with van der Waals surface area (Å²) in [5.74, 6) is 0.368. The van der Waals surface area contributed by atoms with E-state index in [2.05, 4.69) is 22.3 Å². The highest BCUT2D eigenvalue weighted by molar-refractivity contribution is 5.79. The Kier molecular flexibility index (Phi) is 6.08. The van der Waals surface area contributed by atoms with Gasteiger partial charge in [-0.1, -0.05) is 30.3 Å². The molecule has 0 spiro atoms. The van der Waals surface area contributed by atoms with Crippen LogP contribution < -0.4 is 5.32 Å². The number of hydrogen-bond acceptors (Lipinski definition) is 4. The fourth-order valence-electron chi connectivity index (χ4n) is 3.64. The van der Waals surface area contributed by atoms with E-state index in [1.807, 2.05) is 25.1 Å². The summed E-state index contributed by atoms with van der Waals surface area (Å²) in [5.41, 5.74) is 1.18. The molecule has 1 saturated heterocycles. The highest BCUT2D eigenvalue weighted by Gasteiger charge is 2.34. The first kappa shape index (κ1) is 17.9. The molecule has 1 aromatic rings. The third-order valence-electron chi connectivity index (χ3n) is 5.06. The molecule has 2 aliphatic rings. The summed E-state index contributed by atoms with van der Waals surface area (Å²) < 4.78 is 5.13. The average Bonchev–Trinajstić information content (AvgIpc) is 3.46. The van der Waals surface area contributed by atoms with Gasteiger partial charge in [-0.2, -0.15) is 0 Å². The number of carbonyl (C=O) groups is 2.